The Kier molecular flexibility index (Phi) is 6.39. The zero-order chi connectivity index (χ0) is 21.0. The van der Waals surface area contributed by atoms with E-state index in [0.29, 0.717) is 26.2 Å². The van der Waals surface area contributed by atoms with Gasteiger partial charge in [-0.15, -0.1) is 0 Å². The van der Waals surface area contributed by atoms with Crippen LogP contribution in [0.4, 0.5) is 0 Å². The van der Waals surface area contributed by atoms with Crippen LogP contribution in [0.3, 0.4) is 0 Å². The highest BCUT2D eigenvalue weighted by Gasteiger charge is 2.34. The Bertz CT molecular complexity index is 934. The van der Waals surface area contributed by atoms with Gasteiger partial charge in [0, 0.05) is 26.2 Å². The third-order valence-electron chi connectivity index (χ3n) is 4.88. The molecule has 2 amide bonds. The normalized spacial score (nSPS) is 16.1. The molecule has 1 N–H and O–H groups in total. The van der Waals surface area contributed by atoms with Crippen molar-refractivity contribution < 1.29 is 22.4 Å². The molecule has 0 bridgehead atoms. The van der Waals surface area contributed by atoms with Gasteiger partial charge in [0.2, 0.25) is 15.9 Å². The number of nitrogens with zero attached hydrogens (tertiary/aromatic N) is 2. The smallest absolute Gasteiger partial charge is 0.289 e. The zero-order valence-corrected chi connectivity index (χ0v) is 17.3. The van der Waals surface area contributed by atoms with Crippen LogP contribution in [0.25, 0.3) is 0 Å². The Balaban J connectivity index is 1.65. The van der Waals surface area contributed by atoms with Crippen molar-refractivity contribution in [2.45, 2.75) is 24.8 Å². The second kappa shape index (κ2) is 8.79. The zero-order valence-electron chi connectivity index (χ0n) is 16.4. The van der Waals surface area contributed by atoms with Crippen molar-refractivity contribution in [1.29, 1.82) is 0 Å². The Morgan fingerprint density at radius 1 is 0.966 bits per heavy atom. The summed E-state index contributed by atoms with van der Waals surface area (Å²) in [7, 11) is -3.82. The molecule has 156 valence electrons. The van der Waals surface area contributed by atoms with E-state index in [4.69, 9.17) is 4.42 Å². The topological polar surface area (TPSA) is 99.9 Å². The molecule has 1 aliphatic heterocycles. The van der Waals surface area contributed by atoms with Crippen LogP contribution in [0, 0.1) is 5.92 Å². The summed E-state index contributed by atoms with van der Waals surface area (Å²) < 4.78 is 33.0. The number of sulfonamides is 1. The molecule has 8 nitrogen and oxygen atoms in total. The van der Waals surface area contributed by atoms with Crippen LogP contribution >= 0.6 is 0 Å². The van der Waals surface area contributed by atoms with Crippen molar-refractivity contribution in [2.24, 2.45) is 5.92 Å². The molecule has 1 aromatic heterocycles. The summed E-state index contributed by atoms with van der Waals surface area (Å²) in [5.41, 5.74) is 0. The number of hydrogen-bond acceptors (Lipinski definition) is 5. The van der Waals surface area contributed by atoms with Gasteiger partial charge in [-0.05, 0) is 30.2 Å². The SMILES string of the molecule is CC(C)[C@H](NS(=O)(=O)c1ccccc1)C(=O)N1CCN(C(=O)c2ccco2)CC1. The van der Waals surface area contributed by atoms with E-state index in [2.05, 4.69) is 4.72 Å². The molecule has 3 rings (SSSR count). The Labute approximate surface area is 170 Å². The van der Waals surface area contributed by atoms with E-state index in [1.54, 1.807) is 54.0 Å². The lowest BCUT2D eigenvalue weighted by atomic mass is 10.0. The van der Waals surface area contributed by atoms with Gasteiger partial charge in [-0.25, -0.2) is 8.42 Å². The number of rotatable bonds is 6. The van der Waals surface area contributed by atoms with E-state index < -0.39 is 16.1 Å². The summed E-state index contributed by atoms with van der Waals surface area (Å²) in [5, 5.41) is 0. The first kappa shape index (κ1) is 21.1. The van der Waals surface area contributed by atoms with Crippen molar-refractivity contribution in [3.8, 4) is 0 Å². The quantitative estimate of drug-likeness (QED) is 0.766. The van der Waals surface area contributed by atoms with E-state index in [-0.39, 0.29) is 28.4 Å². The van der Waals surface area contributed by atoms with E-state index >= 15 is 0 Å². The van der Waals surface area contributed by atoms with Crippen molar-refractivity contribution in [2.75, 3.05) is 26.2 Å². The number of hydrogen-bond donors (Lipinski definition) is 1. The minimum atomic E-state index is -3.82. The number of carbonyl (C=O) groups excluding carboxylic acids is 2. The first-order valence-electron chi connectivity index (χ1n) is 9.48. The lowest BCUT2D eigenvalue weighted by Gasteiger charge is -2.37. The highest BCUT2D eigenvalue weighted by Crippen LogP contribution is 2.15. The van der Waals surface area contributed by atoms with Gasteiger partial charge in [0.1, 0.15) is 6.04 Å². The maximum atomic E-state index is 13.0. The fourth-order valence-electron chi connectivity index (χ4n) is 3.19. The van der Waals surface area contributed by atoms with Gasteiger partial charge in [-0.3, -0.25) is 9.59 Å². The Morgan fingerprint density at radius 2 is 1.59 bits per heavy atom. The van der Waals surface area contributed by atoms with Crippen LogP contribution in [0.15, 0.2) is 58.0 Å². The molecule has 0 spiro atoms. The molecule has 9 heteroatoms. The van der Waals surface area contributed by atoms with Gasteiger partial charge < -0.3 is 14.2 Å². The third kappa shape index (κ3) is 4.86. The fourth-order valence-corrected chi connectivity index (χ4v) is 4.55. The van der Waals surface area contributed by atoms with Gasteiger partial charge in [-0.2, -0.15) is 4.72 Å². The predicted molar refractivity (Wildman–Crippen MR) is 107 cm³/mol. The second-order valence-electron chi connectivity index (χ2n) is 7.25. The van der Waals surface area contributed by atoms with Crippen LogP contribution in [-0.2, 0) is 14.8 Å². The van der Waals surface area contributed by atoms with Gasteiger partial charge in [0.25, 0.3) is 5.91 Å². The van der Waals surface area contributed by atoms with E-state index in [0.717, 1.165) is 0 Å². The Hall–Kier alpha value is -2.65. The maximum Gasteiger partial charge on any atom is 0.289 e. The van der Waals surface area contributed by atoms with Gasteiger partial charge >= 0.3 is 0 Å². The van der Waals surface area contributed by atoms with Crippen molar-refractivity contribution in [3.05, 3.63) is 54.5 Å². The van der Waals surface area contributed by atoms with Gasteiger partial charge in [0.05, 0.1) is 11.2 Å². The third-order valence-corrected chi connectivity index (χ3v) is 6.34. The molecule has 1 fully saturated rings. The summed E-state index contributed by atoms with van der Waals surface area (Å²) in [5.74, 6) is -0.471. The summed E-state index contributed by atoms with van der Waals surface area (Å²) >= 11 is 0. The number of piperazine rings is 1. The Morgan fingerprint density at radius 3 is 2.14 bits per heavy atom. The highest BCUT2D eigenvalue weighted by atomic mass is 32.2. The molecule has 0 radical (unpaired) electrons. The van der Waals surface area contributed by atoms with Crippen LogP contribution in [0.2, 0.25) is 0 Å². The first-order valence-corrected chi connectivity index (χ1v) is 11.0. The van der Waals surface area contributed by atoms with Crippen LogP contribution in [0.5, 0.6) is 0 Å². The molecule has 29 heavy (non-hydrogen) atoms. The second-order valence-corrected chi connectivity index (χ2v) is 8.96. The molecular formula is C20H25N3O5S. The van der Waals surface area contributed by atoms with Crippen molar-refractivity contribution in [3.63, 3.8) is 0 Å². The molecule has 2 heterocycles. The van der Waals surface area contributed by atoms with E-state index in [9.17, 15) is 18.0 Å². The van der Waals surface area contributed by atoms with Crippen molar-refractivity contribution >= 4 is 21.8 Å². The number of benzene rings is 1. The summed E-state index contributed by atoms with van der Waals surface area (Å²) in [6, 6.07) is 10.4. The van der Waals surface area contributed by atoms with Gasteiger partial charge in [0.15, 0.2) is 5.76 Å². The monoisotopic (exact) mass is 419 g/mol. The van der Waals surface area contributed by atoms with Crippen LogP contribution in [-0.4, -0.2) is 62.3 Å². The molecule has 0 aliphatic carbocycles. The minimum absolute atomic E-state index is 0.118. The average Bonchev–Trinajstić information content (AvgIpc) is 3.26. The molecule has 2 aromatic rings. The molecular weight excluding hydrogens is 394 g/mol. The number of carbonyl (C=O) groups is 2. The number of amides is 2. The van der Waals surface area contributed by atoms with E-state index in [1.165, 1.54) is 18.4 Å². The molecule has 0 unspecified atom stereocenters. The molecule has 1 atom stereocenters. The van der Waals surface area contributed by atoms with Crippen LogP contribution < -0.4 is 4.72 Å². The first-order chi connectivity index (χ1) is 13.8. The minimum Gasteiger partial charge on any atom is -0.459 e. The summed E-state index contributed by atoms with van der Waals surface area (Å²) in [6.45, 7) is 4.99. The van der Waals surface area contributed by atoms with Gasteiger partial charge in [-0.1, -0.05) is 32.0 Å². The average molecular weight is 420 g/mol. The largest absolute Gasteiger partial charge is 0.459 e. The summed E-state index contributed by atoms with van der Waals surface area (Å²) in [4.78, 5) is 28.7. The molecule has 1 aliphatic rings. The van der Waals surface area contributed by atoms with Crippen LogP contribution in [0.1, 0.15) is 24.4 Å². The van der Waals surface area contributed by atoms with Crippen molar-refractivity contribution in [1.82, 2.24) is 14.5 Å². The molecule has 1 saturated heterocycles. The maximum absolute atomic E-state index is 13.0. The molecule has 0 saturated carbocycles. The lowest BCUT2D eigenvalue weighted by Crippen LogP contribution is -2.57. The lowest BCUT2D eigenvalue weighted by molar-refractivity contribution is -0.135. The fraction of sp³-hybridized carbons (Fsp3) is 0.400. The molecule has 1 aromatic carbocycles. The highest BCUT2D eigenvalue weighted by molar-refractivity contribution is 7.89. The summed E-state index contributed by atoms with van der Waals surface area (Å²) in [6.07, 6.45) is 1.44. The van der Waals surface area contributed by atoms with E-state index in [1.807, 2.05) is 0 Å². The standard InChI is InChI=1S/C20H25N3O5S/c1-15(2)18(21-29(26,27)16-7-4-3-5-8-16)20(25)23-12-10-22(11-13-23)19(24)17-9-6-14-28-17/h3-9,14-15,18,21H,10-13H2,1-2H3/t18-/m0/s1. The number of nitrogens with one attached hydrogen (secondary N) is 1. The predicted octanol–water partition coefficient (Wildman–Crippen LogP) is 1.57. The number of furan rings is 1.